The number of aliphatic imine (C=N–C) groups is 1. The third kappa shape index (κ3) is 1.19. The zero-order chi connectivity index (χ0) is 8.67. The van der Waals surface area contributed by atoms with Gasteiger partial charge in [0.05, 0.1) is 6.04 Å². The number of fused-ring (bicyclic) bond motifs is 2. The first-order chi connectivity index (χ1) is 6.43. The zero-order valence-corrected chi connectivity index (χ0v) is 7.87. The Kier molecular flexibility index (Phi) is 1.67. The van der Waals surface area contributed by atoms with E-state index in [2.05, 4.69) is 22.6 Å². The van der Waals surface area contributed by atoms with E-state index in [-0.39, 0.29) is 0 Å². The fourth-order valence-electron chi connectivity index (χ4n) is 2.84. The maximum absolute atomic E-state index is 4.37. The highest BCUT2D eigenvalue weighted by atomic mass is 15.0. The van der Waals surface area contributed by atoms with Gasteiger partial charge in [-0.25, -0.2) is 0 Å². The molecule has 3 rings (SSSR count). The highest BCUT2D eigenvalue weighted by Crippen LogP contribution is 2.35. The van der Waals surface area contributed by atoms with E-state index in [1.165, 1.54) is 31.4 Å². The molecule has 1 saturated heterocycles. The van der Waals surface area contributed by atoms with Crippen molar-refractivity contribution in [1.82, 2.24) is 5.32 Å². The molecule has 0 spiro atoms. The third-order valence-corrected chi connectivity index (χ3v) is 3.60. The van der Waals surface area contributed by atoms with Crippen molar-refractivity contribution in [1.29, 1.82) is 0 Å². The second-order valence-electron chi connectivity index (χ2n) is 4.47. The lowest BCUT2D eigenvalue weighted by molar-refractivity contribution is 0.297. The molecule has 3 aliphatic rings. The van der Waals surface area contributed by atoms with Crippen LogP contribution in [0.1, 0.15) is 25.7 Å². The molecule has 0 amide bonds. The third-order valence-electron chi connectivity index (χ3n) is 3.60. The van der Waals surface area contributed by atoms with Crippen molar-refractivity contribution in [3.8, 4) is 0 Å². The number of hydrogen-bond acceptors (Lipinski definition) is 2. The van der Waals surface area contributed by atoms with Crippen molar-refractivity contribution < 1.29 is 0 Å². The molecule has 0 aromatic heterocycles. The summed E-state index contributed by atoms with van der Waals surface area (Å²) in [5, 5.41) is 3.63. The summed E-state index contributed by atoms with van der Waals surface area (Å²) in [5.41, 5.74) is 1.51. The first kappa shape index (κ1) is 7.60. The Morgan fingerprint density at radius 3 is 3.46 bits per heavy atom. The molecule has 0 saturated carbocycles. The van der Waals surface area contributed by atoms with Crippen LogP contribution in [0.4, 0.5) is 0 Å². The van der Waals surface area contributed by atoms with Gasteiger partial charge in [-0.05, 0) is 31.6 Å². The zero-order valence-electron chi connectivity index (χ0n) is 7.87. The van der Waals surface area contributed by atoms with Gasteiger partial charge in [-0.2, -0.15) is 0 Å². The molecule has 0 bridgehead atoms. The van der Waals surface area contributed by atoms with Gasteiger partial charge < -0.3 is 5.32 Å². The second-order valence-corrected chi connectivity index (χ2v) is 4.47. The molecule has 0 aromatic rings. The fraction of sp³-hybridized carbons (Fsp3) is 0.727. The van der Waals surface area contributed by atoms with Crippen molar-refractivity contribution in [3.05, 3.63) is 11.8 Å². The first-order valence-corrected chi connectivity index (χ1v) is 5.40. The van der Waals surface area contributed by atoms with Gasteiger partial charge in [0, 0.05) is 24.4 Å². The Bertz CT molecular complexity index is 267. The second kappa shape index (κ2) is 2.86. The summed E-state index contributed by atoms with van der Waals surface area (Å²) in [4.78, 5) is 4.37. The van der Waals surface area contributed by atoms with E-state index in [1.807, 2.05) is 0 Å². The Morgan fingerprint density at radius 1 is 1.46 bits per heavy atom. The molecule has 3 unspecified atom stereocenters. The van der Waals surface area contributed by atoms with Crippen LogP contribution in [0.25, 0.3) is 0 Å². The summed E-state index contributed by atoms with van der Waals surface area (Å²) in [5.74, 6) is 1.62. The van der Waals surface area contributed by atoms with Gasteiger partial charge in [-0.3, -0.25) is 4.99 Å². The SMILES string of the molecule is C1=NCC2CC3CCCC=C3NC12. The van der Waals surface area contributed by atoms with Crippen LogP contribution in [0.3, 0.4) is 0 Å². The van der Waals surface area contributed by atoms with Crippen molar-refractivity contribution in [2.75, 3.05) is 6.54 Å². The maximum Gasteiger partial charge on any atom is 0.0654 e. The highest BCUT2D eigenvalue weighted by Gasteiger charge is 2.34. The van der Waals surface area contributed by atoms with Gasteiger partial charge in [0.25, 0.3) is 0 Å². The fourth-order valence-corrected chi connectivity index (χ4v) is 2.84. The summed E-state index contributed by atoms with van der Waals surface area (Å²) in [6.45, 7) is 1.06. The maximum atomic E-state index is 4.37. The molecule has 1 aliphatic carbocycles. The Hall–Kier alpha value is -0.790. The predicted molar refractivity (Wildman–Crippen MR) is 53.8 cm³/mol. The van der Waals surface area contributed by atoms with E-state index in [4.69, 9.17) is 0 Å². The van der Waals surface area contributed by atoms with Crippen molar-refractivity contribution >= 4 is 6.21 Å². The largest absolute Gasteiger partial charge is 0.380 e. The number of allylic oxidation sites excluding steroid dienone is 2. The van der Waals surface area contributed by atoms with Crippen LogP contribution < -0.4 is 5.32 Å². The average Bonchev–Trinajstić information content (AvgIpc) is 2.61. The summed E-state index contributed by atoms with van der Waals surface area (Å²) in [6.07, 6.45) is 9.92. The predicted octanol–water partition coefficient (Wildman–Crippen LogP) is 1.73. The molecule has 0 aromatic carbocycles. The van der Waals surface area contributed by atoms with Crippen LogP contribution in [0.15, 0.2) is 16.8 Å². The van der Waals surface area contributed by atoms with Crippen LogP contribution in [-0.2, 0) is 0 Å². The van der Waals surface area contributed by atoms with Gasteiger partial charge in [0.1, 0.15) is 0 Å². The smallest absolute Gasteiger partial charge is 0.0654 e. The molecule has 3 atom stereocenters. The molecular formula is C11H16N2. The van der Waals surface area contributed by atoms with Crippen LogP contribution >= 0.6 is 0 Å². The van der Waals surface area contributed by atoms with Crippen LogP contribution in [0.5, 0.6) is 0 Å². The molecule has 2 nitrogen and oxygen atoms in total. The quantitative estimate of drug-likeness (QED) is 0.597. The van der Waals surface area contributed by atoms with Crippen LogP contribution in [-0.4, -0.2) is 18.8 Å². The Labute approximate surface area is 79.1 Å². The summed E-state index contributed by atoms with van der Waals surface area (Å²) in [7, 11) is 0. The summed E-state index contributed by atoms with van der Waals surface area (Å²) >= 11 is 0. The molecule has 2 heterocycles. The Balaban J connectivity index is 1.83. The van der Waals surface area contributed by atoms with E-state index in [0.717, 1.165) is 18.4 Å². The number of nitrogens with one attached hydrogen (secondary N) is 1. The number of rotatable bonds is 0. The monoisotopic (exact) mass is 176 g/mol. The van der Waals surface area contributed by atoms with E-state index >= 15 is 0 Å². The molecule has 13 heavy (non-hydrogen) atoms. The standard InChI is InChI=1S/C11H16N2/c1-2-4-10-8(3-1)5-9-6-12-7-11(9)13-10/h4,7-9,11,13H,1-3,5-6H2. The van der Waals surface area contributed by atoms with E-state index in [0.29, 0.717) is 6.04 Å². The van der Waals surface area contributed by atoms with Gasteiger partial charge in [0.2, 0.25) is 0 Å². The lowest BCUT2D eigenvalue weighted by Crippen LogP contribution is -2.44. The molecule has 2 aliphatic heterocycles. The van der Waals surface area contributed by atoms with E-state index < -0.39 is 0 Å². The van der Waals surface area contributed by atoms with Crippen LogP contribution in [0.2, 0.25) is 0 Å². The first-order valence-electron chi connectivity index (χ1n) is 5.40. The minimum Gasteiger partial charge on any atom is -0.380 e. The number of piperidine rings is 1. The molecule has 70 valence electrons. The van der Waals surface area contributed by atoms with Crippen molar-refractivity contribution in [3.63, 3.8) is 0 Å². The summed E-state index contributed by atoms with van der Waals surface area (Å²) < 4.78 is 0. The Morgan fingerprint density at radius 2 is 2.46 bits per heavy atom. The average molecular weight is 176 g/mol. The van der Waals surface area contributed by atoms with Gasteiger partial charge in [-0.15, -0.1) is 0 Å². The molecule has 1 fully saturated rings. The molecule has 1 N–H and O–H groups in total. The van der Waals surface area contributed by atoms with Crippen molar-refractivity contribution in [2.45, 2.75) is 31.7 Å². The lowest BCUT2D eigenvalue weighted by Gasteiger charge is -2.37. The van der Waals surface area contributed by atoms with E-state index in [1.54, 1.807) is 0 Å². The number of nitrogens with zero attached hydrogens (tertiary/aromatic N) is 1. The summed E-state index contributed by atoms with van der Waals surface area (Å²) in [6, 6.07) is 0.556. The van der Waals surface area contributed by atoms with Gasteiger partial charge in [0.15, 0.2) is 0 Å². The van der Waals surface area contributed by atoms with Gasteiger partial charge >= 0.3 is 0 Å². The minimum atomic E-state index is 0.556. The molecule has 2 heteroatoms. The lowest BCUT2D eigenvalue weighted by atomic mass is 9.79. The van der Waals surface area contributed by atoms with Crippen molar-refractivity contribution in [2.24, 2.45) is 16.8 Å². The van der Waals surface area contributed by atoms with Gasteiger partial charge in [-0.1, -0.05) is 6.08 Å². The normalized spacial score (nSPS) is 41.8. The minimum absolute atomic E-state index is 0.556. The van der Waals surface area contributed by atoms with Crippen LogP contribution in [0, 0.1) is 11.8 Å². The molecular weight excluding hydrogens is 160 g/mol. The van der Waals surface area contributed by atoms with E-state index in [9.17, 15) is 0 Å². The highest BCUT2D eigenvalue weighted by molar-refractivity contribution is 5.68. The number of hydrogen-bond donors (Lipinski definition) is 1. The molecule has 0 radical (unpaired) electrons. The topological polar surface area (TPSA) is 24.4 Å².